The molecule has 0 radical (unpaired) electrons. The number of carbonyl (C=O) groups excluding carboxylic acids is 1. The van der Waals surface area contributed by atoms with E-state index in [1.54, 1.807) is 18.2 Å². The summed E-state index contributed by atoms with van der Waals surface area (Å²) in [5.74, 6) is 5.54. The summed E-state index contributed by atoms with van der Waals surface area (Å²) in [5, 5.41) is 0. The zero-order valence-electron chi connectivity index (χ0n) is 12.5. The number of nitrogens with two attached hydrogens (primary N) is 1. The molecule has 1 aliphatic heterocycles. The SMILES string of the molecule is NNC(=O)c1cccc(OCCN2CCCCCCC2)c1. The number of amides is 1. The molecule has 0 saturated carbocycles. The fourth-order valence-corrected chi connectivity index (χ4v) is 2.64. The molecule has 0 atom stereocenters. The third-order valence-electron chi connectivity index (χ3n) is 3.85. The first-order valence-electron chi connectivity index (χ1n) is 7.76. The molecule has 5 heteroatoms. The number of carbonyl (C=O) groups is 1. The first-order chi connectivity index (χ1) is 10.3. The lowest BCUT2D eigenvalue weighted by Crippen LogP contribution is -2.31. The summed E-state index contributed by atoms with van der Waals surface area (Å²) in [5.41, 5.74) is 2.64. The smallest absolute Gasteiger partial charge is 0.265 e. The minimum Gasteiger partial charge on any atom is -0.492 e. The van der Waals surface area contributed by atoms with Gasteiger partial charge in [-0.05, 0) is 44.1 Å². The Balaban J connectivity index is 1.78. The zero-order chi connectivity index (χ0) is 14.9. The van der Waals surface area contributed by atoms with Crippen molar-refractivity contribution in [1.82, 2.24) is 10.3 Å². The third kappa shape index (κ3) is 5.36. The van der Waals surface area contributed by atoms with E-state index in [-0.39, 0.29) is 5.91 Å². The molecule has 21 heavy (non-hydrogen) atoms. The first kappa shape index (κ1) is 15.8. The van der Waals surface area contributed by atoms with Crippen LogP contribution in [0, 0.1) is 0 Å². The van der Waals surface area contributed by atoms with E-state index in [9.17, 15) is 4.79 Å². The van der Waals surface area contributed by atoms with E-state index >= 15 is 0 Å². The van der Waals surface area contributed by atoms with E-state index in [2.05, 4.69) is 10.3 Å². The number of nitrogens with zero attached hydrogens (tertiary/aromatic N) is 1. The number of rotatable bonds is 5. The quantitative estimate of drug-likeness (QED) is 0.494. The van der Waals surface area contributed by atoms with Crippen LogP contribution in [0.4, 0.5) is 0 Å². The monoisotopic (exact) mass is 291 g/mol. The van der Waals surface area contributed by atoms with Gasteiger partial charge in [-0.15, -0.1) is 0 Å². The Bertz CT molecular complexity index is 443. The van der Waals surface area contributed by atoms with Gasteiger partial charge in [0.05, 0.1) is 0 Å². The molecule has 1 heterocycles. The number of nitrogen functional groups attached to an aromatic ring is 1. The van der Waals surface area contributed by atoms with Gasteiger partial charge in [-0.25, -0.2) is 5.84 Å². The van der Waals surface area contributed by atoms with Crippen molar-refractivity contribution >= 4 is 5.91 Å². The van der Waals surface area contributed by atoms with Crippen LogP contribution >= 0.6 is 0 Å². The third-order valence-corrected chi connectivity index (χ3v) is 3.85. The summed E-state index contributed by atoms with van der Waals surface area (Å²) >= 11 is 0. The molecule has 2 rings (SSSR count). The second kappa shape index (κ2) is 8.64. The minimum absolute atomic E-state index is 0.302. The summed E-state index contributed by atoms with van der Waals surface area (Å²) in [4.78, 5) is 13.9. The van der Waals surface area contributed by atoms with Crippen molar-refractivity contribution in [2.45, 2.75) is 32.1 Å². The minimum atomic E-state index is -0.302. The van der Waals surface area contributed by atoms with Crippen molar-refractivity contribution in [1.29, 1.82) is 0 Å². The van der Waals surface area contributed by atoms with Crippen molar-refractivity contribution < 1.29 is 9.53 Å². The highest BCUT2D eigenvalue weighted by Gasteiger charge is 2.08. The second-order valence-electron chi connectivity index (χ2n) is 5.46. The van der Waals surface area contributed by atoms with Gasteiger partial charge in [-0.2, -0.15) is 0 Å². The topological polar surface area (TPSA) is 67.6 Å². The normalized spacial score (nSPS) is 16.8. The largest absolute Gasteiger partial charge is 0.492 e. The van der Waals surface area contributed by atoms with Gasteiger partial charge in [0.2, 0.25) is 0 Å². The summed E-state index contributed by atoms with van der Waals surface area (Å²) in [7, 11) is 0. The molecule has 116 valence electrons. The van der Waals surface area contributed by atoms with Crippen molar-refractivity contribution in [3.05, 3.63) is 29.8 Å². The fraction of sp³-hybridized carbons (Fsp3) is 0.562. The van der Waals surface area contributed by atoms with Gasteiger partial charge >= 0.3 is 0 Å². The highest BCUT2D eigenvalue weighted by Crippen LogP contribution is 2.14. The lowest BCUT2D eigenvalue weighted by atomic mass is 10.1. The van der Waals surface area contributed by atoms with E-state index in [4.69, 9.17) is 10.6 Å². The van der Waals surface area contributed by atoms with Crippen molar-refractivity contribution in [2.75, 3.05) is 26.2 Å². The van der Waals surface area contributed by atoms with Crippen LogP contribution < -0.4 is 16.0 Å². The molecule has 3 N–H and O–H groups in total. The van der Waals surface area contributed by atoms with Crippen LogP contribution in [0.2, 0.25) is 0 Å². The Kier molecular flexibility index (Phi) is 6.50. The van der Waals surface area contributed by atoms with Gasteiger partial charge in [0, 0.05) is 12.1 Å². The Hall–Kier alpha value is -1.59. The molecule has 0 bridgehead atoms. The molecular formula is C16H25N3O2. The first-order valence-corrected chi connectivity index (χ1v) is 7.76. The van der Waals surface area contributed by atoms with Crippen LogP contribution in [0.5, 0.6) is 5.75 Å². The van der Waals surface area contributed by atoms with Crippen molar-refractivity contribution in [3.63, 3.8) is 0 Å². The Morgan fingerprint density at radius 1 is 1.19 bits per heavy atom. The van der Waals surface area contributed by atoms with Gasteiger partial charge in [0.1, 0.15) is 12.4 Å². The van der Waals surface area contributed by atoms with Crippen LogP contribution in [0.1, 0.15) is 42.5 Å². The molecule has 1 aromatic carbocycles. The number of hydrogen-bond donors (Lipinski definition) is 2. The van der Waals surface area contributed by atoms with E-state index in [0.717, 1.165) is 6.54 Å². The summed E-state index contributed by atoms with van der Waals surface area (Å²) in [6.07, 6.45) is 6.62. The zero-order valence-corrected chi connectivity index (χ0v) is 12.5. The Morgan fingerprint density at radius 2 is 1.90 bits per heavy atom. The lowest BCUT2D eigenvalue weighted by Gasteiger charge is -2.24. The second-order valence-corrected chi connectivity index (χ2v) is 5.46. The van der Waals surface area contributed by atoms with E-state index in [1.807, 2.05) is 6.07 Å². The maximum Gasteiger partial charge on any atom is 0.265 e. The van der Waals surface area contributed by atoms with E-state index < -0.39 is 0 Å². The maximum atomic E-state index is 11.5. The van der Waals surface area contributed by atoms with E-state index in [1.165, 1.54) is 45.2 Å². The summed E-state index contributed by atoms with van der Waals surface area (Å²) in [6, 6.07) is 7.10. The number of nitrogens with one attached hydrogen (secondary N) is 1. The van der Waals surface area contributed by atoms with E-state index in [0.29, 0.717) is 17.9 Å². The molecule has 1 amide bonds. The van der Waals surface area contributed by atoms with Gasteiger partial charge < -0.3 is 4.74 Å². The molecule has 1 saturated heterocycles. The molecule has 0 unspecified atom stereocenters. The highest BCUT2D eigenvalue weighted by atomic mass is 16.5. The number of benzene rings is 1. The molecule has 1 aliphatic rings. The number of hydrazine groups is 1. The van der Waals surface area contributed by atoms with Crippen molar-refractivity contribution in [3.8, 4) is 5.75 Å². The Labute approximate surface area is 126 Å². The van der Waals surface area contributed by atoms with Crippen LogP contribution in [0.3, 0.4) is 0 Å². The Morgan fingerprint density at radius 3 is 2.62 bits per heavy atom. The van der Waals surface area contributed by atoms with Gasteiger partial charge in [0.15, 0.2) is 0 Å². The van der Waals surface area contributed by atoms with Crippen molar-refractivity contribution in [2.24, 2.45) is 5.84 Å². The van der Waals surface area contributed by atoms with Gasteiger partial charge in [-0.1, -0.05) is 25.3 Å². The van der Waals surface area contributed by atoms with Crippen LogP contribution in [0.25, 0.3) is 0 Å². The summed E-state index contributed by atoms with van der Waals surface area (Å²) in [6.45, 7) is 3.92. The lowest BCUT2D eigenvalue weighted by molar-refractivity contribution is 0.0953. The standard InChI is InChI=1S/C16H25N3O2/c17-18-16(20)14-7-6-8-15(13-14)21-12-11-19-9-4-2-1-3-5-10-19/h6-8,13H,1-5,9-12,17H2,(H,18,20). The van der Waals surface area contributed by atoms with Gasteiger partial charge in [0.25, 0.3) is 5.91 Å². The molecular weight excluding hydrogens is 266 g/mol. The maximum absolute atomic E-state index is 11.5. The van der Waals surface area contributed by atoms with Gasteiger partial charge in [-0.3, -0.25) is 15.1 Å². The van der Waals surface area contributed by atoms with Crippen LogP contribution in [-0.2, 0) is 0 Å². The molecule has 0 aromatic heterocycles. The predicted molar refractivity (Wildman–Crippen MR) is 83.1 cm³/mol. The van der Waals surface area contributed by atoms with Crippen LogP contribution in [0.15, 0.2) is 24.3 Å². The number of hydrogen-bond acceptors (Lipinski definition) is 4. The highest BCUT2D eigenvalue weighted by molar-refractivity contribution is 5.94. The molecule has 0 aliphatic carbocycles. The molecule has 0 spiro atoms. The predicted octanol–water partition coefficient (Wildman–Crippen LogP) is 1.93. The number of ether oxygens (including phenoxy) is 1. The van der Waals surface area contributed by atoms with Crippen LogP contribution in [-0.4, -0.2) is 37.0 Å². The average molecular weight is 291 g/mol. The fourth-order valence-electron chi connectivity index (χ4n) is 2.64. The molecule has 1 fully saturated rings. The summed E-state index contributed by atoms with van der Waals surface area (Å²) < 4.78 is 5.75. The molecule has 1 aromatic rings. The number of likely N-dealkylation sites (tertiary alicyclic amines) is 1. The average Bonchev–Trinajstić information content (AvgIpc) is 2.49. The molecule has 5 nitrogen and oxygen atoms in total.